The van der Waals surface area contributed by atoms with Crippen LogP contribution in [-0.2, 0) is 29.0 Å². The molecule has 1 aromatic heterocycles. The number of pyridine rings is 1. The summed E-state index contributed by atoms with van der Waals surface area (Å²) in [6.45, 7) is 1.40. The van der Waals surface area contributed by atoms with Crippen LogP contribution in [0, 0.1) is 0 Å². The molecule has 33 heavy (non-hydrogen) atoms. The van der Waals surface area contributed by atoms with Crippen molar-refractivity contribution in [3.8, 4) is 11.5 Å². The number of para-hydroxylation sites is 1. The smallest absolute Gasteiger partial charge is 0.339 e. The van der Waals surface area contributed by atoms with Crippen LogP contribution in [0.1, 0.15) is 27.2 Å². The highest BCUT2D eigenvalue weighted by atomic mass is 16.5. The van der Waals surface area contributed by atoms with E-state index in [4.69, 9.17) is 19.2 Å². The Morgan fingerprint density at radius 2 is 1.88 bits per heavy atom. The quantitative estimate of drug-likeness (QED) is 0.555. The third kappa shape index (κ3) is 4.90. The van der Waals surface area contributed by atoms with Crippen LogP contribution in [0.2, 0.25) is 0 Å². The number of rotatable bonds is 7. The van der Waals surface area contributed by atoms with Crippen LogP contribution < -0.4 is 14.8 Å². The predicted octanol–water partition coefficient (Wildman–Crippen LogP) is 2.71. The zero-order valence-corrected chi connectivity index (χ0v) is 19.0. The Morgan fingerprint density at radius 1 is 1.09 bits per heavy atom. The molecule has 1 aliphatic heterocycles. The van der Waals surface area contributed by atoms with Crippen molar-refractivity contribution in [2.24, 2.45) is 0 Å². The minimum atomic E-state index is -0.513. The third-order valence-corrected chi connectivity index (χ3v) is 5.71. The van der Waals surface area contributed by atoms with Crippen LogP contribution in [0.3, 0.4) is 0 Å². The van der Waals surface area contributed by atoms with Crippen molar-refractivity contribution in [3.05, 3.63) is 64.8 Å². The maximum Gasteiger partial charge on any atom is 0.339 e. The first-order valence-electron chi connectivity index (χ1n) is 10.7. The number of carbonyl (C=O) groups excluding carboxylic acids is 2. The van der Waals surface area contributed by atoms with Gasteiger partial charge in [0.1, 0.15) is 0 Å². The van der Waals surface area contributed by atoms with Crippen molar-refractivity contribution in [1.29, 1.82) is 0 Å². The van der Waals surface area contributed by atoms with Crippen LogP contribution >= 0.6 is 0 Å². The molecule has 8 nitrogen and oxygen atoms in total. The van der Waals surface area contributed by atoms with Crippen molar-refractivity contribution >= 4 is 22.8 Å². The summed E-state index contributed by atoms with van der Waals surface area (Å²) < 4.78 is 15.9. The summed E-state index contributed by atoms with van der Waals surface area (Å²) in [7, 11) is 5.13. The summed E-state index contributed by atoms with van der Waals surface area (Å²) in [6.07, 6.45) is 0.767. The monoisotopic (exact) mass is 449 g/mol. The van der Waals surface area contributed by atoms with Crippen LogP contribution in [0.4, 0.5) is 0 Å². The lowest BCUT2D eigenvalue weighted by Crippen LogP contribution is -2.31. The van der Waals surface area contributed by atoms with Gasteiger partial charge in [-0.1, -0.05) is 24.3 Å². The molecule has 0 bridgehead atoms. The maximum absolute atomic E-state index is 13.1. The molecule has 0 saturated heterocycles. The van der Waals surface area contributed by atoms with Gasteiger partial charge in [0, 0.05) is 42.7 Å². The molecule has 0 aliphatic carbocycles. The van der Waals surface area contributed by atoms with E-state index in [1.165, 1.54) is 0 Å². The highest BCUT2D eigenvalue weighted by molar-refractivity contribution is 6.05. The largest absolute Gasteiger partial charge is 0.493 e. The standard InChI is InChI=1S/C25H27N3O5/c1-28-11-10-20-18(14-28)24(17-6-4-5-7-19(17)27-20)25(30)33-15-23(29)26-13-16-8-9-21(31-2)22(12-16)32-3/h4-9,12H,10-11,13-15H2,1-3H3,(H,26,29). The minimum absolute atomic E-state index is 0.273. The molecule has 0 fully saturated rings. The maximum atomic E-state index is 13.1. The lowest BCUT2D eigenvalue weighted by molar-refractivity contribution is -0.124. The molecule has 0 radical (unpaired) electrons. The first kappa shape index (κ1) is 22.5. The van der Waals surface area contributed by atoms with E-state index in [1.807, 2.05) is 37.4 Å². The molecule has 0 saturated carbocycles. The average Bonchev–Trinajstić information content (AvgIpc) is 2.84. The van der Waals surface area contributed by atoms with Gasteiger partial charge in [-0.2, -0.15) is 0 Å². The second kappa shape index (κ2) is 9.87. The Bertz CT molecular complexity index is 1190. The first-order chi connectivity index (χ1) is 16.0. The number of benzene rings is 2. The van der Waals surface area contributed by atoms with E-state index in [1.54, 1.807) is 26.4 Å². The fourth-order valence-electron chi connectivity index (χ4n) is 4.00. The molecule has 1 amide bonds. The number of aromatic nitrogens is 1. The molecule has 0 spiro atoms. The van der Waals surface area contributed by atoms with Gasteiger partial charge >= 0.3 is 5.97 Å². The molecule has 2 aromatic carbocycles. The lowest BCUT2D eigenvalue weighted by Gasteiger charge is -2.26. The third-order valence-electron chi connectivity index (χ3n) is 5.71. The van der Waals surface area contributed by atoms with Gasteiger partial charge in [0.25, 0.3) is 5.91 Å². The van der Waals surface area contributed by atoms with Crippen molar-refractivity contribution < 1.29 is 23.8 Å². The van der Waals surface area contributed by atoms with E-state index in [0.717, 1.165) is 40.7 Å². The Hall–Kier alpha value is -3.65. The van der Waals surface area contributed by atoms with Crippen molar-refractivity contribution in [2.45, 2.75) is 19.5 Å². The van der Waals surface area contributed by atoms with Gasteiger partial charge in [-0.25, -0.2) is 4.79 Å². The number of esters is 1. The highest BCUT2D eigenvalue weighted by Gasteiger charge is 2.25. The summed E-state index contributed by atoms with van der Waals surface area (Å²) >= 11 is 0. The number of hydrogen-bond acceptors (Lipinski definition) is 7. The Labute approximate surface area is 192 Å². The van der Waals surface area contributed by atoms with E-state index in [0.29, 0.717) is 23.6 Å². The number of amides is 1. The molecule has 3 aromatic rings. The molecular weight excluding hydrogens is 422 g/mol. The van der Waals surface area contributed by atoms with E-state index < -0.39 is 5.97 Å². The predicted molar refractivity (Wildman–Crippen MR) is 123 cm³/mol. The topological polar surface area (TPSA) is 90.0 Å². The van der Waals surface area contributed by atoms with Gasteiger partial charge in [-0.05, 0) is 30.8 Å². The van der Waals surface area contributed by atoms with E-state index in [-0.39, 0.29) is 19.1 Å². The number of nitrogens with one attached hydrogen (secondary N) is 1. The normalized spacial score (nSPS) is 13.3. The van der Waals surface area contributed by atoms with Gasteiger partial charge in [0.05, 0.1) is 25.3 Å². The van der Waals surface area contributed by atoms with Gasteiger partial charge < -0.3 is 24.4 Å². The Kier molecular flexibility index (Phi) is 6.74. The molecule has 1 N–H and O–H groups in total. The fraction of sp³-hybridized carbons (Fsp3) is 0.320. The number of fused-ring (bicyclic) bond motifs is 2. The summed E-state index contributed by atoms with van der Waals surface area (Å²) in [5.74, 6) is 0.291. The van der Waals surface area contributed by atoms with Gasteiger partial charge in [0.15, 0.2) is 18.1 Å². The van der Waals surface area contributed by atoms with Crippen LogP contribution in [0.25, 0.3) is 10.9 Å². The minimum Gasteiger partial charge on any atom is -0.493 e. The number of likely N-dealkylation sites (N-methyl/N-ethyl adjacent to an activating group) is 1. The molecule has 2 heterocycles. The zero-order valence-electron chi connectivity index (χ0n) is 19.0. The van der Waals surface area contributed by atoms with E-state index in [2.05, 4.69) is 10.2 Å². The van der Waals surface area contributed by atoms with Crippen molar-refractivity contribution in [3.63, 3.8) is 0 Å². The van der Waals surface area contributed by atoms with Crippen LogP contribution in [-0.4, -0.2) is 56.2 Å². The average molecular weight is 450 g/mol. The molecule has 172 valence electrons. The molecule has 4 rings (SSSR count). The SMILES string of the molecule is COc1ccc(CNC(=O)COC(=O)c2c3c(nc4ccccc24)CCN(C)C3)cc1OC. The lowest BCUT2D eigenvalue weighted by atomic mass is 9.96. The number of hydrogen-bond donors (Lipinski definition) is 1. The number of nitrogens with zero attached hydrogens (tertiary/aromatic N) is 2. The van der Waals surface area contributed by atoms with Crippen molar-refractivity contribution in [1.82, 2.24) is 15.2 Å². The van der Waals surface area contributed by atoms with Crippen LogP contribution in [0.15, 0.2) is 42.5 Å². The molecular formula is C25H27N3O5. The van der Waals surface area contributed by atoms with E-state index >= 15 is 0 Å². The first-order valence-corrected chi connectivity index (χ1v) is 10.7. The summed E-state index contributed by atoms with van der Waals surface area (Å²) in [5.41, 5.74) is 3.87. The van der Waals surface area contributed by atoms with E-state index in [9.17, 15) is 9.59 Å². The molecule has 1 aliphatic rings. The Morgan fingerprint density at radius 3 is 2.67 bits per heavy atom. The van der Waals surface area contributed by atoms with Gasteiger partial charge in [-0.3, -0.25) is 9.78 Å². The summed E-state index contributed by atoms with van der Waals surface area (Å²) in [6, 6.07) is 12.9. The highest BCUT2D eigenvalue weighted by Crippen LogP contribution is 2.29. The number of ether oxygens (including phenoxy) is 3. The van der Waals surface area contributed by atoms with Gasteiger partial charge in [0.2, 0.25) is 0 Å². The summed E-state index contributed by atoms with van der Waals surface area (Å²) in [4.78, 5) is 32.3. The second-order valence-corrected chi connectivity index (χ2v) is 7.96. The summed E-state index contributed by atoms with van der Waals surface area (Å²) in [5, 5.41) is 3.51. The number of carbonyl (C=O) groups is 2. The molecule has 8 heteroatoms. The molecule has 0 atom stereocenters. The Balaban J connectivity index is 1.45. The fourth-order valence-corrected chi connectivity index (χ4v) is 4.00. The van der Waals surface area contributed by atoms with Crippen molar-refractivity contribution in [2.75, 3.05) is 34.4 Å². The zero-order chi connectivity index (χ0) is 23.4. The second-order valence-electron chi connectivity index (χ2n) is 7.96. The van der Waals surface area contributed by atoms with Crippen LogP contribution in [0.5, 0.6) is 11.5 Å². The number of methoxy groups -OCH3 is 2. The van der Waals surface area contributed by atoms with Gasteiger partial charge in [-0.15, -0.1) is 0 Å². The molecule has 0 unspecified atom stereocenters.